The van der Waals surface area contributed by atoms with Crippen molar-refractivity contribution in [3.05, 3.63) is 137 Å². The normalized spacial score (nSPS) is 19.8. The second-order valence-corrected chi connectivity index (χ2v) is 14.9. The minimum atomic E-state index is -0.391. The second-order valence-electron chi connectivity index (χ2n) is 14.9. The highest BCUT2D eigenvalue weighted by Gasteiger charge is 2.31. The van der Waals surface area contributed by atoms with Gasteiger partial charge >= 0.3 is 0 Å². The highest BCUT2D eigenvalue weighted by atomic mass is 16.5. The van der Waals surface area contributed by atoms with Crippen LogP contribution in [-0.4, -0.2) is 63.7 Å². The molecule has 0 saturated heterocycles. The molecule has 4 aromatic carbocycles. The number of rotatable bonds is 14. The van der Waals surface area contributed by atoms with Crippen molar-refractivity contribution in [2.75, 3.05) is 7.05 Å². The Bertz CT molecular complexity index is 2050. The van der Waals surface area contributed by atoms with Crippen molar-refractivity contribution in [2.45, 2.75) is 102 Å². The Hall–Kier alpha value is -5.32. The van der Waals surface area contributed by atoms with Crippen molar-refractivity contribution < 1.29 is 23.9 Å². The molecule has 0 aliphatic heterocycles. The van der Waals surface area contributed by atoms with Crippen LogP contribution in [0.1, 0.15) is 89.0 Å². The SMILES string of the molecule is CN(Cc1cccc2ccccc12)C(=O)c1cc(C(=O)N[C@H]2CCCC[C@@H]2OCc2ccccc2)n(CC(=O)N[C@H]2CCCC[C@@H]2OCc2ccccc2)n1. The van der Waals surface area contributed by atoms with Gasteiger partial charge in [0.25, 0.3) is 11.8 Å². The topological polar surface area (TPSA) is 115 Å². The van der Waals surface area contributed by atoms with Gasteiger partial charge in [0.2, 0.25) is 5.91 Å². The van der Waals surface area contributed by atoms with Gasteiger partial charge < -0.3 is 25.0 Å². The van der Waals surface area contributed by atoms with E-state index >= 15 is 0 Å². The summed E-state index contributed by atoms with van der Waals surface area (Å²) in [6.07, 6.45) is 6.96. The molecule has 4 atom stereocenters. The van der Waals surface area contributed by atoms with Crippen molar-refractivity contribution in [3.8, 4) is 0 Å². The van der Waals surface area contributed by atoms with E-state index in [1.807, 2.05) is 103 Å². The van der Waals surface area contributed by atoms with E-state index in [0.717, 1.165) is 78.8 Å². The van der Waals surface area contributed by atoms with Crippen molar-refractivity contribution in [3.63, 3.8) is 0 Å². The van der Waals surface area contributed by atoms with Gasteiger partial charge in [-0.15, -0.1) is 0 Å². The van der Waals surface area contributed by atoms with Crippen molar-refractivity contribution in [1.82, 2.24) is 25.3 Å². The van der Waals surface area contributed by atoms with Crippen LogP contribution >= 0.6 is 0 Å². The Balaban J connectivity index is 1.08. The summed E-state index contributed by atoms with van der Waals surface area (Å²) in [6, 6.07) is 35.3. The number of amides is 3. The summed E-state index contributed by atoms with van der Waals surface area (Å²) in [5.41, 5.74) is 3.41. The van der Waals surface area contributed by atoms with Crippen LogP contribution in [0, 0.1) is 0 Å². The number of aromatic nitrogens is 2. The van der Waals surface area contributed by atoms with Gasteiger partial charge in [-0.25, -0.2) is 4.68 Å². The molecule has 2 fully saturated rings. The summed E-state index contributed by atoms with van der Waals surface area (Å²) < 4.78 is 14.0. The van der Waals surface area contributed by atoms with Crippen LogP contribution in [0.3, 0.4) is 0 Å². The molecule has 0 bridgehead atoms. The quantitative estimate of drug-likeness (QED) is 0.124. The molecule has 0 radical (unpaired) electrons. The first-order chi connectivity index (χ1) is 26.9. The lowest BCUT2D eigenvalue weighted by molar-refractivity contribution is -0.124. The molecule has 2 saturated carbocycles. The van der Waals surface area contributed by atoms with Gasteiger partial charge in [0.05, 0.1) is 37.5 Å². The van der Waals surface area contributed by atoms with Crippen LogP contribution in [0.15, 0.2) is 109 Å². The van der Waals surface area contributed by atoms with E-state index in [1.165, 1.54) is 10.7 Å². The van der Waals surface area contributed by atoms with Crippen molar-refractivity contribution >= 4 is 28.5 Å². The monoisotopic (exact) mass is 741 g/mol. The third-order valence-corrected chi connectivity index (χ3v) is 10.8. The minimum absolute atomic E-state index is 0.0999. The maximum Gasteiger partial charge on any atom is 0.274 e. The molecule has 3 amide bonds. The van der Waals surface area contributed by atoms with Gasteiger partial charge in [-0.05, 0) is 53.1 Å². The lowest BCUT2D eigenvalue weighted by Crippen LogP contribution is -2.48. The summed E-state index contributed by atoms with van der Waals surface area (Å²) in [7, 11) is 1.73. The third-order valence-electron chi connectivity index (χ3n) is 10.8. The van der Waals surface area contributed by atoms with E-state index in [0.29, 0.717) is 19.8 Å². The molecule has 286 valence electrons. The maximum atomic E-state index is 14.1. The summed E-state index contributed by atoms with van der Waals surface area (Å²) in [4.78, 5) is 43.4. The third kappa shape index (κ3) is 9.87. The molecular formula is C45H51N5O5. The summed E-state index contributed by atoms with van der Waals surface area (Å²) >= 11 is 0. The van der Waals surface area contributed by atoms with E-state index in [1.54, 1.807) is 11.9 Å². The summed E-state index contributed by atoms with van der Waals surface area (Å²) in [5.74, 6) is -1.02. The van der Waals surface area contributed by atoms with E-state index in [-0.39, 0.29) is 54.0 Å². The fraction of sp³-hybridized carbons (Fsp3) is 0.378. The molecule has 2 aliphatic carbocycles. The van der Waals surface area contributed by atoms with Crippen LogP contribution in [-0.2, 0) is 40.6 Å². The standard InChI is InChI=1S/C45H51N5O5/c1-49(28-35-21-14-20-34-19-8-9-22-36(34)35)45(53)39-27-40(44(52)47-38-24-11-13-26-42(38)55-31-33-17-6-3-7-18-33)50(48-39)29-43(51)46-37-23-10-12-25-41(37)54-30-32-15-4-2-5-16-32/h2-9,14-22,27,37-38,41-42H,10-13,23-26,28-31H2,1H3,(H,46,51)(H,47,52)/t37-,38-,41-,42-/m0/s1. The van der Waals surface area contributed by atoms with Crippen LogP contribution in [0.2, 0.25) is 0 Å². The van der Waals surface area contributed by atoms with Gasteiger partial charge in [0.1, 0.15) is 12.2 Å². The molecule has 2 aliphatic rings. The number of ether oxygens (including phenoxy) is 2. The molecule has 55 heavy (non-hydrogen) atoms. The van der Waals surface area contributed by atoms with Gasteiger partial charge in [-0.2, -0.15) is 5.10 Å². The first kappa shape index (κ1) is 38.0. The van der Waals surface area contributed by atoms with Gasteiger partial charge in [0.15, 0.2) is 5.69 Å². The molecule has 1 heterocycles. The minimum Gasteiger partial charge on any atom is -0.371 e. The molecule has 10 nitrogen and oxygen atoms in total. The smallest absolute Gasteiger partial charge is 0.274 e. The molecule has 1 aromatic heterocycles. The zero-order chi connectivity index (χ0) is 38.0. The fourth-order valence-electron chi connectivity index (χ4n) is 7.89. The lowest BCUT2D eigenvalue weighted by Gasteiger charge is -2.32. The van der Waals surface area contributed by atoms with E-state index in [4.69, 9.17) is 9.47 Å². The number of nitrogens with zero attached hydrogens (tertiary/aromatic N) is 3. The van der Waals surface area contributed by atoms with E-state index in [2.05, 4.69) is 15.7 Å². The fourth-order valence-corrected chi connectivity index (χ4v) is 7.89. The summed E-state index contributed by atoms with van der Waals surface area (Å²) in [5, 5.41) is 13.1. The number of benzene rings is 4. The molecule has 10 heteroatoms. The van der Waals surface area contributed by atoms with Gasteiger partial charge in [0, 0.05) is 19.7 Å². The van der Waals surface area contributed by atoms with Gasteiger partial charge in [-0.3, -0.25) is 14.4 Å². The Labute approximate surface area is 323 Å². The lowest BCUT2D eigenvalue weighted by atomic mass is 9.92. The summed E-state index contributed by atoms with van der Waals surface area (Å²) in [6.45, 7) is 1.05. The molecule has 7 rings (SSSR count). The number of carbonyl (C=O) groups is 3. The Kier molecular flexibility index (Phi) is 12.7. The first-order valence-corrected chi connectivity index (χ1v) is 19.6. The van der Waals surface area contributed by atoms with E-state index in [9.17, 15) is 14.4 Å². The Morgan fingerprint density at radius 1 is 0.709 bits per heavy atom. The number of carbonyl (C=O) groups excluding carboxylic acids is 3. The number of nitrogens with one attached hydrogen (secondary N) is 2. The zero-order valence-corrected chi connectivity index (χ0v) is 31.6. The van der Waals surface area contributed by atoms with Crippen LogP contribution in [0.25, 0.3) is 10.8 Å². The second kappa shape index (κ2) is 18.3. The highest BCUT2D eigenvalue weighted by Crippen LogP contribution is 2.25. The van der Waals surface area contributed by atoms with E-state index < -0.39 is 5.91 Å². The average Bonchev–Trinajstić information content (AvgIpc) is 3.64. The van der Waals surface area contributed by atoms with Crippen LogP contribution < -0.4 is 10.6 Å². The Morgan fingerprint density at radius 3 is 1.93 bits per heavy atom. The zero-order valence-electron chi connectivity index (χ0n) is 31.6. The molecule has 2 N–H and O–H groups in total. The number of fused-ring (bicyclic) bond motifs is 1. The maximum absolute atomic E-state index is 14.1. The molecular weight excluding hydrogens is 691 g/mol. The largest absolute Gasteiger partial charge is 0.371 e. The predicted octanol–water partition coefficient (Wildman–Crippen LogP) is 7.21. The van der Waals surface area contributed by atoms with Crippen LogP contribution in [0.5, 0.6) is 0 Å². The van der Waals surface area contributed by atoms with Crippen LogP contribution in [0.4, 0.5) is 0 Å². The van der Waals surface area contributed by atoms with Crippen molar-refractivity contribution in [1.29, 1.82) is 0 Å². The molecule has 0 spiro atoms. The highest BCUT2D eigenvalue weighted by molar-refractivity contribution is 5.98. The molecule has 5 aromatic rings. The predicted molar refractivity (Wildman–Crippen MR) is 212 cm³/mol. The number of hydrogen-bond acceptors (Lipinski definition) is 6. The Morgan fingerprint density at radius 2 is 1.27 bits per heavy atom. The van der Waals surface area contributed by atoms with Gasteiger partial charge in [-0.1, -0.05) is 129 Å². The first-order valence-electron chi connectivity index (χ1n) is 19.6. The number of hydrogen-bond donors (Lipinski definition) is 2. The average molecular weight is 742 g/mol. The van der Waals surface area contributed by atoms with Crippen molar-refractivity contribution in [2.24, 2.45) is 0 Å². The molecule has 0 unspecified atom stereocenters.